The maximum atomic E-state index is 6.02. The highest BCUT2D eigenvalue weighted by Gasteiger charge is 2.17. The molecule has 0 unspecified atom stereocenters. The molecule has 15 heavy (non-hydrogen) atoms. The van der Waals surface area contributed by atoms with Crippen LogP contribution in [0.3, 0.4) is 0 Å². The third kappa shape index (κ3) is 1.87. The van der Waals surface area contributed by atoms with Gasteiger partial charge in [-0.2, -0.15) is 9.61 Å². The van der Waals surface area contributed by atoms with E-state index in [-0.39, 0.29) is 6.04 Å². The molecule has 2 heterocycles. The van der Waals surface area contributed by atoms with Gasteiger partial charge >= 0.3 is 0 Å². The Labute approximate surface area is 95.8 Å². The molecule has 0 aliphatic carbocycles. The molecule has 0 aliphatic rings. The summed E-state index contributed by atoms with van der Waals surface area (Å²) >= 11 is 3.31. The van der Waals surface area contributed by atoms with Crippen LogP contribution in [0.1, 0.15) is 25.7 Å². The normalized spacial score (nSPS) is 13.7. The van der Waals surface area contributed by atoms with Gasteiger partial charge in [0.15, 0.2) is 11.5 Å². The fourth-order valence-electron chi connectivity index (χ4n) is 1.29. The predicted octanol–water partition coefficient (Wildman–Crippen LogP) is 1.54. The van der Waals surface area contributed by atoms with Gasteiger partial charge in [0.1, 0.15) is 4.60 Å². The Morgan fingerprint density at radius 1 is 1.33 bits per heavy atom. The van der Waals surface area contributed by atoms with Gasteiger partial charge in [-0.3, -0.25) is 0 Å². The Hall–Kier alpha value is -1.01. The van der Waals surface area contributed by atoms with Gasteiger partial charge in [-0.25, -0.2) is 0 Å². The standard InChI is InChI=1S/C9H12BrN5/c1-5(2)8(11)9-13-12-7-4-3-6(10)14-15(7)9/h3-5,8H,11H2,1-2H3/t8-/m0/s1. The minimum absolute atomic E-state index is 0.151. The second-order valence-corrected chi connectivity index (χ2v) is 4.57. The summed E-state index contributed by atoms with van der Waals surface area (Å²) in [6, 6.07) is 3.52. The summed E-state index contributed by atoms with van der Waals surface area (Å²) in [5, 5.41) is 12.3. The molecule has 0 saturated heterocycles. The lowest BCUT2D eigenvalue weighted by Gasteiger charge is -2.12. The quantitative estimate of drug-likeness (QED) is 0.898. The number of nitrogens with two attached hydrogens (primary N) is 1. The molecule has 5 nitrogen and oxygen atoms in total. The number of halogens is 1. The van der Waals surface area contributed by atoms with Gasteiger partial charge in [0.2, 0.25) is 0 Å². The zero-order valence-electron chi connectivity index (χ0n) is 8.55. The fraction of sp³-hybridized carbons (Fsp3) is 0.444. The molecule has 2 aromatic heterocycles. The van der Waals surface area contributed by atoms with Crippen LogP contribution >= 0.6 is 15.9 Å². The van der Waals surface area contributed by atoms with E-state index in [4.69, 9.17) is 5.73 Å². The lowest BCUT2D eigenvalue weighted by Crippen LogP contribution is -2.20. The van der Waals surface area contributed by atoms with Crippen molar-refractivity contribution >= 4 is 21.6 Å². The smallest absolute Gasteiger partial charge is 0.178 e. The highest BCUT2D eigenvalue weighted by Crippen LogP contribution is 2.17. The third-order valence-electron chi connectivity index (χ3n) is 2.27. The van der Waals surface area contributed by atoms with Crippen molar-refractivity contribution in [2.24, 2.45) is 11.7 Å². The first-order valence-electron chi connectivity index (χ1n) is 4.73. The van der Waals surface area contributed by atoms with Crippen molar-refractivity contribution in [2.45, 2.75) is 19.9 Å². The molecule has 0 aromatic carbocycles. The second kappa shape index (κ2) is 3.86. The monoisotopic (exact) mass is 269 g/mol. The zero-order valence-corrected chi connectivity index (χ0v) is 10.1. The molecule has 2 N–H and O–H groups in total. The Bertz CT molecular complexity index is 478. The van der Waals surface area contributed by atoms with E-state index in [1.165, 1.54) is 0 Å². The Balaban J connectivity index is 2.56. The van der Waals surface area contributed by atoms with Gasteiger partial charge in [-0.1, -0.05) is 13.8 Å². The first-order valence-corrected chi connectivity index (χ1v) is 5.52. The molecule has 2 aromatic rings. The molecule has 1 atom stereocenters. The number of hydrogen-bond donors (Lipinski definition) is 1. The third-order valence-corrected chi connectivity index (χ3v) is 2.69. The number of nitrogens with zero attached hydrogens (tertiary/aromatic N) is 4. The van der Waals surface area contributed by atoms with E-state index in [1.54, 1.807) is 4.52 Å². The van der Waals surface area contributed by atoms with Gasteiger partial charge in [0, 0.05) is 0 Å². The van der Waals surface area contributed by atoms with Crippen molar-refractivity contribution in [1.29, 1.82) is 0 Å². The van der Waals surface area contributed by atoms with Crippen molar-refractivity contribution in [1.82, 2.24) is 19.8 Å². The maximum Gasteiger partial charge on any atom is 0.178 e. The Morgan fingerprint density at radius 2 is 2.07 bits per heavy atom. The summed E-state index contributed by atoms with van der Waals surface area (Å²) in [7, 11) is 0. The van der Waals surface area contributed by atoms with Crippen LogP contribution in [0.5, 0.6) is 0 Å². The number of aromatic nitrogens is 4. The van der Waals surface area contributed by atoms with Gasteiger partial charge < -0.3 is 5.73 Å². The minimum Gasteiger partial charge on any atom is -0.321 e. The van der Waals surface area contributed by atoms with Crippen molar-refractivity contribution < 1.29 is 0 Å². The Kier molecular flexibility index (Phi) is 2.70. The van der Waals surface area contributed by atoms with E-state index >= 15 is 0 Å². The van der Waals surface area contributed by atoms with Gasteiger partial charge in [0.25, 0.3) is 0 Å². The lowest BCUT2D eigenvalue weighted by molar-refractivity contribution is 0.480. The van der Waals surface area contributed by atoms with Crippen LogP contribution in [-0.2, 0) is 0 Å². The van der Waals surface area contributed by atoms with Gasteiger partial charge in [0.05, 0.1) is 6.04 Å². The van der Waals surface area contributed by atoms with Gasteiger partial charge in [-0.15, -0.1) is 10.2 Å². The maximum absolute atomic E-state index is 6.02. The van der Waals surface area contributed by atoms with Crippen LogP contribution in [0.2, 0.25) is 0 Å². The number of rotatable bonds is 2. The predicted molar refractivity (Wildman–Crippen MR) is 60.2 cm³/mol. The molecule has 0 aliphatic heterocycles. The minimum atomic E-state index is -0.151. The molecule has 0 bridgehead atoms. The van der Waals surface area contributed by atoms with Crippen molar-refractivity contribution in [3.05, 3.63) is 22.6 Å². The van der Waals surface area contributed by atoms with E-state index in [1.807, 2.05) is 26.0 Å². The summed E-state index contributed by atoms with van der Waals surface area (Å²) in [4.78, 5) is 0. The van der Waals surface area contributed by atoms with Gasteiger partial charge in [-0.05, 0) is 34.0 Å². The summed E-state index contributed by atoms with van der Waals surface area (Å²) in [5.74, 6) is 1.000. The van der Waals surface area contributed by atoms with E-state index in [2.05, 4.69) is 31.2 Å². The molecule has 0 amide bonds. The summed E-state index contributed by atoms with van der Waals surface area (Å²) in [6.07, 6.45) is 0. The van der Waals surface area contributed by atoms with Crippen LogP contribution in [-0.4, -0.2) is 19.8 Å². The SMILES string of the molecule is CC(C)[C@H](N)c1nnc2ccc(Br)nn12. The van der Waals surface area contributed by atoms with Crippen LogP contribution in [0.15, 0.2) is 16.7 Å². The molecule has 0 saturated carbocycles. The molecule has 0 radical (unpaired) electrons. The lowest BCUT2D eigenvalue weighted by atomic mass is 10.1. The zero-order chi connectivity index (χ0) is 11.0. The molecular weight excluding hydrogens is 258 g/mol. The van der Waals surface area contributed by atoms with Crippen molar-refractivity contribution in [3.8, 4) is 0 Å². The highest BCUT2D eigenvalue weighted by atomic mass is 79.9. The van der Waals surface area contributed by atoms with E-state index in [9.17, 15) is 0 Å². The Morgan fingerprint density at radius 3 is 2.73 bits per heavy atom. The average Bonchev–Trinajstić information content (AvgIpc) is 2.59. The highest BCUT2D eigenvalue weighted by molar-refractivity contribution is 9.10. The van der Waals surface area contributed by atoms with Crippen molar-refractivity contribution in [3.63, 3.8) is 0 Å². The molecule has 6 heteroatoms. The summed E-state index contributed by atoms with van der Waals surface area (Å²) in [6.45, 7) is 4.09. The summed E-state index contributed by atoms with van der Waals surface area (Å²) in [5.41, 5.74) is 6.73. The van der Waals surface area contributed by atoms with E-state index < -0.39 is 0 Å². The van der Waals surface area contributed by atoms with E-state index in [0.717, 1.165) is 4.60 Å². The molecule has 0 fully saturated rings. The first kappa shape index (κ1) is 10.5. The van der Waals surface area contributed by atoms with Crippen molar-refractivity contribution in [2.75, 3.05) is 0 Å². The number of hydrogen-bond acceptors (Lipinski definition) is 4. The molecule has 2 rings (SSSR count). The second-order valence-electron chi connectivity index (χ2n) is 3.75. The topological polar surface area (TPSA) is 69.1 Å². The van der Waals surface area contributed by atoms with Crippen LogP contribution in [0, 0.1) is 5.92 Å². The average molecular weight is 270 g/mol. The largest absolute Gasteiger partial charge is 0.321 e. The van der Waals surface area contributed by atoms with Crippen LogP contribution < -0.4 is 5.73 Å². The molecule has 80 valence electrons. The molecular formula is C9H12BrN5. The number of fused-ring (bicyclic) bond motifs is 1. The van der Waals surface area contributed by atoms with E-state index in [0.29, 0.717) is 17.4 Å². The first-order chi connectivity index (χ1) is 7.09. The van der Waals surface area contributed by atoms with Crippen LogP contribution in [0.4, 0.5) is 0 Å². The fourth-order valence-corrected chi connectivity index (χ4v) is 1.58. The summed E-state index contributed by atoms with van der Waals surface area (Å²) < 4.78 is 2.42. The van der Waals surface area contributed by atoms with Crippen LogP contribution in [0.25, 0.3) is 5.65 Å². The molecule has 0 spiro atoms.